The fourth-order valence-electron chi connectivity index (χ4n) is 3.25. The molecule has 0 unspecified atom stereocenters. The van der Waals surface area contributed by atoms with Crippen molar-refractivity contribution in [2.24, 2.45) is 5.92 Å². The normalized spacial score (nSPS) is 17.6. The van der Waals surface area contributed by atoms with Crippen molar-refractivity contribution in [3.8, 4) is 5.75 Å². The summed E-state index contributed by atoms with van der Waals surface area (Å²) in [5.41, 5.74) is 1.48. The van der Waals surface area contributed by atoms with Crippen molar-refractivity contribution in [1.82, 2.24) is 14.7 Å². The van der Waals surface area contributed by atoms with Gasteiger partial charge in [0.2, 0.25) is 0 Å². The number of halogens is 1. The van der Waals surface area contributed by atoms with Crippen LogP contribution in [0.2, 0.25) is 0 Å². The Kier molecular flexibility index (Phi) is 5.36. The van der Waals surface area contributed by atoms with Gasteiger partial charge in [-0.15, -0.1) is 0 Å². The van der Waals surface area contributed by atoms with Gasteiger partial charge >= 0.3 is 0 Å². The van der Waals surface area contributed by atoms with Crippen molar-refractivity contribution in [3.63, 3.8) is 0 Å². The van der Waals surface area contributed by atoms with E-state index in [4.69, 9.17) is 4.74 Å². The molecule has 1 saturated heterocycles. The minimum absolute atomic E-state index is 0.0362. The Hall–Kier alpha value is -2.37. The molecule has 1 atom stereocenters. The maximum Gasteiger partial charge on any atom is 0.274 e. The third-order valence-corrected chi connectivity index (χ3v) is 4.62. The molecule has 134 valence electrons. The van der Waals surface area contributed by atoms with Crippen LogP contribution in [0.1, 0.15) is 35.9 Å². The van der Waals surface area contributed by atoms with Crippen LogP contribution in [0, 0.1) is 18.7 Å². The number of benzene rings is 1. The number of ether oxygens (including phenoxy) is 1. The lowest BCUT2D eigenvalue weighted by Gasteiger charge is -2.32. The molecule has 0 N–H and O–H groups in total. The van der Waals surface area contributed by atoms with Gasteiger partial charge in [0.25, 0.3) is 5.91 Å². The van der Waals surface area contributed by atoms with E-state index in [2.05, 4.69) is 5.10 Å². The third-order valence-electron chi connectivity index (χ3n) is 4.62. The number of likely N-dealkylation sites (tertiary alicyclic amines) is 1. The maximum absolute atomic E-state index is 13.6. The summed E-state index contributed by atoms with van der Waals surface area (Å²) < 4.78 is 21.1. The quantitative estimate of drug-likeness (QED) is 0.835. The number of nitrogens with zero attached hydrogens (tertiary/aromatic N) is 3. The smallest absolute Gasteiger partial charge is 0.274 e. The van der Waals surface area contributed by atoms with E-state index in [1.807, 2.05) is 29.5 Å². The molecule has 1 aromatic carbocycles. The second-order valence-corrected chi connectivity index (χ2v) is 6.49. The number of aromatic nitrogens is 2. The van der Waals surface area contributed by atoms with Gasteiger partial charge in [0.15, 0.2) is 17.3 Å². The van der Waals surface area contributed by atoms with Crippen LogP contribution in [0.15, 0.2) is 30.3 Å². The molecule has 1 aromatic heterocycles. The first kappa shape index (κ1) is 17.5. The van der Waals surface area contributed by atoms with Gasteiger partial charge in [-0.25, -0.2) is 4.39 Å². The average Bonchev–Trinajstić information content (AvgIpc) is 3.01. The molecule has 1 aliphatic rings. The van der Waals surface area contributed by atoms with Gasteiger partial charge in [-0.05, 0) is 44.9 Å². The number of rotatable bonds is 5. The number of amides is 1. The summed E-state index contributed by atoms with van der Waals surface area (Å²) in [6, 6.07) is 8.24. The number of carbonyl (C=O) groups is 1. The summed E-state index contributed by atoms with van der Waals surface area (Å²) in [6.45, 7) is 6.46. The first-order valence-electron chi connectivity index (χ1n) is 8.79. The number of hydrogen-bond acceptors (Lipinski definition) is 3. The predicted octanol–water partition coefficient (Wildman–Crippen LogP) is 3.28. The Balaban J connectivity index is 1.60. The molecule has 1 aliphatic heterocycles. The Morgan fingerprint density at radius 3 is 2.92 bits per heavy atom. The summed E-state index contributed by atoms with van der Waals surface area (Å²) in [6.07, 6.45) is 1.89. The van der Waals surface area contributed by atoms with Crippen LogP contribution in [0.5, 0.6) is 5.75 Å². The standard InChI is InChI=1S/C19H24FN3O2/c1-3-23-14(2)11-17(21-23)19(24)22-10-6-7-15(12-22)13-25-18-9-5-4-8-16(18)20/h4-5,8-9,11,15H,3,6-7,10,12-13H2,1-2H3/t15-/m1/s1. The van der Waals surface area contributed by atoms with Crippen LogP contribution in [-0.2, 0) is 6.54 Å². The second-order valence-electron chi connectivity index (χ2n) is 6.49. The van der Waals surface area contributed by atoms with Crippen LogP contribution >= 0.6 is 0 Å². The van der Waals surface area contributed by atoms with Crippen LogP contribution in [0.25, 0.3) is 0 Å². The highest BCUT2D eigenvalue weighted by molar-refractivity contribution is 5.92. The van der Waals surface area contributed by atoms with Crippen molar-refractivity contribution in [2.75, 3.05) is 19.7 Å². The highest BCUT2D eigenvalue weighted by Crippen LogP contribution is 2.22. The number of carbonyl (C=O) groups excluding carboxylic acids is 1. The first-order valence-corrected chi connectivity index (χ1v) is 8.79. The van der Waals surface area contributed by atoms with Crippen molar-refractivity contribution in [3.05, 3.63) is 47.5 Å². The summed E-state index contributed by atoms with van der Waals surface area (Å²) in [7, 11) is 0. The largest absolute Gasteiger partial charge is 0.490 e. The fourth-order valence-corrected chi connectivity index (χ4v) is 3.25. The van der Waals surface area contributed by atoms with Gasteiger partial charge in [-0.2, -0.15) is 5.10 Å². The molecule has 25 heavy (non-hydrogen) atoms. The van der Waals surface area contributed by atoms with E-state index in [-0.39, 0.29) is 23.4 Å². The van der Waals surface area contributed by atoms with E-state index in [1.54, 1.807) is 18.2 Å². The molecule has 0 aliphatic carbocycles. The molecule has 5 nitrogen and oxygen atoms in total. The Morgan fingerprint density at radius 2 is 2.20 bits per heavy atom. The van der Waals surface area contributed by atoms with Gasteiger partial charge < -0.3 is 9.64 Å². The highest BCUT2D eigenvalue weighted by Gasteiger charge is 2.26. The molecular weight excluding hydrogens is 321 g/mol. The Bertz CT molecular complexity index is 744. The topological polar surface area (TPSA) is 47.4 Å². The van der Waals surface area contributed by atoms with Crippen LogP contribution < -0.4 is 4.74 Å². The summed E-state index contributed by atoms with van der Waals surface area (Å²) in [5.74, 6) is 0.0765. The summed E-state index contributed by atoms with van der Waals surface area (Å²) >= 11 is 0. The van der Waals surface area contributed by atoms with Crippen LogP contribution in [-0.4, -0.2) is 40.3 Å². The average molecular weight is 345 g/mol. The third kappa shape index (κ3) is 4.00. The highest BCUT2D eigenvalue weighted by atomic mass is 19.1. The molecule has 0 saturated carbocycles. The lowest BCUT2D eigenvalue weighted by atomic mass is 9.98. The van der Waals surface area contributed by atoms with Crippen LogP contribution in [0.3, 0.4) is 0 Å². The molecule has 1 fully saturated rings. The van der Waals surface area contributed by atoms with Gasteiger partial charge in [0, 0.05) is 31.2 Å². The van der Waals surface area contributed by atoms with Crippen molar-refractivity contribution in [1.29, 1.82) is 0 Å². The van der Waals surface area contributed by atoms with Crippen LogP contribution in [0.4, 0.5) is 4.39 Å². The zero-order chi connectivity index (χ0) is 17.8. The first-order chi connectivity index (χ1) is 12.1. The second kappa shape index (κ2) is 7.68. The van der Waals surface area contributed by atoms with Gasteiger partial charge in [-0.1, -0.05) is 12.1 Å². The van der Waals surface area contributed by atoms with Crippen molar-refractivity contribution >= 4 is 5.91 Å². The summed E-state index contributed by atoms with van der Waals surface area (Å²) in [4.78, 5) is 14.5. The molecule has 6 heteroatoms. The van der Waals surface area contributed by atoms with Gasteiger partial charge in [0.1, 0.15) is 0 Å². The molecule has 2 aromatic rings. The number of piperidine rings is 1. The monoisotopic (exact) mass is 345 g/mol. The summed E-state index contributed by atoms with van der Waals surface area (Å²) in [5, 5.41) is 4.38. The number of hydrogen-bond donors (Lipinski definition) is 0. The van der Waals surface area contributed by atoms with E-state index in [0.29, 0.717) is 18.8 Å². The van der Waals surface area contributed by atoms with Crippen molar-refractivity contribution in [2.45, 2.75) is 33.2 Å². The lowest BCUT2D eigenvalue weighted by molar-refractivity contribution is 0.0624. The van der Waals surface area contributed by atoms with Gasteiger partial charge in [0.05, 0.1) is 6.61 Å². The van der Waals surface area contributed by atoms with E-state index in [0.717, 1.165) is 31.6 Å². The van der Waals surface area contributed by atoms with E-state index in [1.165, 1.54) is 6.07 Å². The maximum atomic E-state index is 13.6. The Labute approximate surface area is 147 Å². The zero-order valence-corrected chi connectivity index (χ0v) is 14.7. The lowest BCUT2D eigenvalue weighted by Crippen LogP contribution is -2.41. The van der Waals surface area contributed by atoms with E-state index in [9.17, 15) is 9.18 Å². The molecular formula is C19H24FN3O2. The molecule has 3 rings (SSSR count). The SMILES string of the molecule is CCn1nc(C(=O)N2CCC[C@@H](COc3ccccc3F)C2)cc1C. The van der Waals surface area contributed by atoms with E-state index >= 15 is 0 Å². The molecule has 0 bridgehead atoms. The minimum Gasteiger partial charge on any atom is -0.490 e. The van der Waals surface area contributed by atoms with Crippen molar-refractivity contribution < 1.29 is 13.9 Å². The zero-order valence-electron chi connectivity index (χ0n) is 14.7. The minimum atomic E-state index is -0.355. The predicted molar refractivity (Wildman–Crippen MR) is 93.2 cm³/mol. The molecule has 1 amide bonds. The van der Waals surface area contributed by atoms with Gasteiger partial charge in [-0.3, -0.25) is 9.48 Å². The molecule has 0 spiro atoms. The molecule has 2 heterocycles. The number of para-hydroxylation sites is 1. The van der Waals surface area contributed by atoms with E-state index < -0.39 is 0 Å². The number of aryl methyl sites for hydroxylation is 2. The Morgan fingerprint density at radius 1 is 1.40 bits per heavy atom. The molecule has 0 radical (unpaired) electrons. The fraction of sp³-hybridized carbons (Fsp3) is 0.474.